The van der Waals surface area contributed by atoms with Crippen molar-refractivity contribution in [3.8, 4) is 11.5 Å². The minimum absolute atomic E-state index is 0.0150. The Hall–Kier alpha value is -5.78. The summed E-state index contributed by atoms with van der Waals surface area (Å²) >= 11 is 1.44. The van der Waals surface area contributed by atoms with Gasteiger partial charge in [0.05, 0.1) is 24.1 Å². The van der Waals surface area contributed by atoms with Gasteiger partial charge in [0.15, 0.2) is 5.82 Å². The van der Waals surface area contributed by atoms with Crippen molar-refractivity contribution < 1.29 is 42.5 Å². The topological polar surface area (TPSA) is 201 Å². The summed E-state index contributed by atoms with van der Waals surface area (Å²) in [5, 5.41) is 24.8. The van der Waals surface area contributed by atoms with Crippen molar-refractivity contribution in [2.75, 3.05) is 5.32 Å². The van der Waals surface area contributed by atoms with Crippen molar-refractivity contribution in [1.82, 2.24) is 29.8 Å². The molecule has 5 N–H and O–H groups in total. The van der Waals surface area contributed by atoms with Crippen LogP contribution in [0.4, 0.5) is 23.8 Å². The van der Waals surface area contributed by atoms with E-state index in [1.165, 1.54) is 17.5 Å². The average Bonchev–Trinajstić information content (AvgIpc) is 3.68. The number of carbonyl (C=O) groups excluding carboxylic acids is 1. The number of carboxylic acids is 2. The van der Waals surface area contributed by atoms with Gasteiger partial charge in [0.2, 0.25) is 0 Å². The summed E-state index contributed by atoms with van der Waals surface area (Å²) in [6.07, 6.45) is -4.50. The van der Waals surface area contributed by atoms with Crippen molar-refractivity contribution in [1.29, 1.82) is 0 Å². The highest BCUT2D eigenvalue weighted by Crippen LogP contribution is 2.23. The van der Waals surface area contributed by atoms with E-state index in [4.69, 9.17) is 14.6 Å². The number of carbonyl (C=O) groups is 3. The quantitative estimate of drug-likeness (QED) is 0.142. The summed E-state index contributed by atoms with van der Waals surface area (Å²) in [5.74, 6) is -3.05. The number of alkyl halides is 3. The number of nitrogens with one attached hydrogen (secondary N) is 3. The van der Waals surface area contributed by atoms with E-state index >= 15 is 0 Å². The smallest absolute Gasteiger partial charge is 0.480 e. The molecule has 0 saturated heterocycles. The molecule has 0 aliphatic carbocycles. The number of hydrogen-bond acceptors (Lipinski definition) is 10. The Balaban J connectivity index is 0.000000644. The second-order valence-electron chi connectivity index (χ2n) is 9.69. The summed E-state index contributed by atoms with van der Waals surface area (Å²) in [6.45, 7) is 1.73. The number of carboxylic acid groups (broad SMARTS) is 2. The van der Waals surface area contributed by atoms with E-state index in [-0.39, 0.29) is 13.2 Å². The molecule has 0 fully saturated rings. The minimum Gasteiger partial charge on any atom is -0.480 e. The molecular formula is C29H26F3N7O7S. The number of halogens is 3. The molecule has 3 aromatic heterocycles. The van der Waals surface area contributed by atoms with E-state index in [0.717, 1.165) is 26.2 Å². The van der Waals surface area contributed by atoms with Gasteiger partial charge in [0.1, 0.15) is 29.2 Å². The maximum absolute atomic E-state index is 12.7. The lowest BCUT2D eigenvalue weighted by Gasteiger charge is -2.17. The van der Waals surface area contributed by atoms with Crippen molar-refractivity contribution in [3.05, 3.63) is 92.8 Å². The molecule has 0 radical (unpaired) electrons. The number of aliphatic carboxylic acids is 2. The van der Waals surface area contributed by atoms with E-state index < -0.39 is 35.9 Å². The van der Waals surface area contributed by atoms with Gasteiger partial charge in [-0.3, -0.25) is 4.57 Å². The second-order valence-corrected chi connectivity index (χ2v) is 10.6. The highest BCUT2D eigenvalue weighted by molar-refractivity contribution is 7.09. The van der Waals surface area contributed by atoms with Gasteiger partial charge in [-0.1, -0.05) is 42.5 Å². The number of hydrogen-bond donors (Lipinski definition) is 5. The highest BCUT2D eigenvalue weighted by atomic mass is 32.1. The number of ether oxygens (including phenoxy) is 1. The lowest BCUT2D eigenvalue weighted by Crippen LogP contribution is -2.45. The number of para-hydroxylation sites is 2. The van der Waals surface area contributed by atoms with E-state index in [2.05, 4.69) is 30.6 Å². The van der Waals surface area contributed by atoms with Crippen LogP contribution in [0.1, 0.15) is 16.1 Å². The van der Waals surface area contributed by atoms with E-state index in [1.807, 2.05) is 35.7 Å². The van der Waals surface area contributed by atoms with E-state index in [0.29, 0.717) is 29.4 Å². The SMILES string of the molecule is Cc1cn(C[C@H](NC(=O)OCc2ccccc2)C(=O)O)c(=O)nc1NCc1nc(-c2nc3ccccc3[nH]2)cs1.O=C(O)C(F)(F)F. The normalized spacial score (nSPS) is 11.7. The Bertz CT molecular complexity index is 1890. The molecule has 0 aliphatic rings. The fraction of sp³-hybridized carbons (Fsp3) is 0.207. The Morgan fingerprint density at radius 1 is 1.04 bits per heavy atom. The number of H-pyrrole nitrogens is 1. The second kappa shape index (κ2) is 15.0. The number of nitrogens with zero attached hydrogens (tertiary/aromatic N) is 4. The summed E-state index contributed by atoms with van der Waals surface area (Å²) in [4.78, 5) is 62.0. The van der Waals surface area contributed by atoms with E-state index in [9.17, 15) is 32.7 Å². The summed E-state index contributed by atoms with van der Waals surface area (Å²) in [6, 6.07) is 15.3. The molecule has 14 nitrogen and oxygen atoms in total. The molecule has 2 aromatic carbocycles. The lowest BCUT2D eigenvalue weighted by molar-refractivity contribution is -0.192. The number of amides is 1. The Labute approximate surface area is 266 Å². The molecule has 0 spiro atoms. The third-order valence-electron chi connectivity index (χ3n) is 6.19. The molecule has 5 aromatic rings. The number of imidazole rings is 1. The fourth-order valence-corrected chi connectivity index (χ4v) is 4.65. The maximum atomic E-state index is 12.7. The monoisotopic (exact) mass is 673 g/mol. The molecule has 5 rings (SSSR count). The van der Waals surface area contributed by atoms with Crippen molar-refractivity contribution in [3.63, 3.8) is 0 Å². The number of thiazole rings is 1. The summed E-state index contributed by atoms with van der Waals surface area (Å²) in [5.41, 5.74) is 3.20. The van der Waals surface area contributed by atoms with Crippen LogP contribution in [0.3, 0.4) is 0 Å². The fourth-order valence-electron chi connectivity index (χ4n) is 3.93. The number of rotatable bonds is 10. The predicted molar refractivity (Wildman–Crippen MR) is 163 cm³/mol. The van der Waals surface area contributed by atoms with Crippen LogP contribution in [-0.4, -0.2) is 65.0 Å². The number of aromatic nitrogens is 5. The number of anilines is 1. The van der Waals surface area contributed by atoms with Gasteiger partial charge in [0, 0.05) is 17.1 Å². The maximum Gasteiger partial charge on any atom is 0.490 e. The van der Waals surface area contributed by atoms with Crippen LogP contribution >= 0.6 is 11.3 Å². The number of fused-ring (bicyclic) bond motifs is 1. The number of benzene rings is 2. The molecule has 0 saturated carbocycles. The first-order chi connectivity index (χ1) is 22.3. The van der Waals surface area contributed by atoms with Gasteiger partial charge in [-0.2, -0.15) is 18.2 Å². The first-order valence-corrected chi connectivity index (χ1v) is 14.4. The molecule has 0 aliphatic heterocycles. The van der Waals surface area contributed by atoms with Gasteiger partial charge in [-0.25, -0.2) is 29.1 Å². The third-order valence-corrected chi connectivity index (χ3v) is 7.04. The van der Waals surface area contributed by atoms with Crippen LogP contribution in [0.15, 0.2) is 71.0 Å². The Morgan fingerprint density at radius 2 is 1.72 bits per heavy atom. The molecule has 1 atom stereocenters. The zero-order valence-electron chi connectivity index (χ0n) is 24.3. The van der Waals surface area contributed by atoms with Crippen LogP contribution in [0, 0.1) is 6.92 Å². The summed E-state index contributed by atoms with van der Waals surface area (Å²) < 4.78 is 38.0. The van der Waals surface area contributed by atoms with Crippen molar-refractivity contribution in [2.24, 2.45) is 0 Å². The van der Waals surface area contributed by atoms with Crippen LogP contribution < -0.4 is 16.3 Å². The van der Waals surface area contributed by atoms with Crippen molar-refractivity contribution in [2.45, 2.75) is 38.8 Å². The first kappa shape index (κ1) is 34.1. The number of aromatic amines is 1. The zero-order valence-corrected chi connectivity index (χ0v) is 25.1. The first-order valence-electron chi connectivity index (χ1n) is 13.5. The number of aryl methyl sites for hydroxylation is 1. The highest BCUT2D eigenvalue weighted by Gasteiger charge is 2.38. The minimum atomic E-state index is -5.08. The third kappa shape index (κ3) is 9.60. The van der Waals surface area contributed by atoms with Gasteiger partial charge in [0.25, 0.3) is 0 Å². The van der Waals surface area contributed by atoms with Crippen LogP contribution in [0.2, 0.25) is 0 Å². The van der Waals surface area contributed by atoms with Crippen molar-refractivity contribution >= 4 is 46.2 Å². The van der Waals surface area contributed by atoms with Crippen LogP contribution in [0.25, 0.3) is 22.6 Å². The molecule has 0 bridgehead atoms. The number of alkyl carbamates (subject to hydrolysis) is 1. The molecule has 0 unspecified atom stereocenters. The predicted octanol–water partition coefficient (Wildman–Crippen LogP) is 4.18. The molecule has 246 valence electrons. The molecule has 47 heavy (non-hydrogen) atoms. The van der Waals surface area contributed by atoms with Gasteiger partial charge in [-0.05, 0) is 24.6 Å². The lowest BCUT2D eigenvalue weighted by atomic mass is 10.2. The molecule has 18 heteroatoms. The largest absolute Gasteiger partial charge is 0.490 e. The van der Waals surface area contributed by atoms with Gasteiger partial charge in [-0.15, -0.1) is 11.3 Å². The zero-order chi connectivity index (χ0) is 34.1. The van der Waals surface area contributed by atoms with E-state index in [1.54, 1.807) is 31.2 Å². The molecular weight excluding hydrogens is 647 g/mol. The van der Waals surface area contributed by atoms with Crippen LogP contribution in [0.5, 0.6) is 0 Å². The average molecular weight is 674 g/mol. The Morgan fingerprint density at radius 3 is 2.38 bits per heavy atom. The van der Waals surface area contributed by atoms with Gasteiger partial charge < -0.3 is 30.6 Å². The molecule has 1 amide bonds. The summed E-state index contributed by atoms with van der Waals surface area (Å²) in [7, 11) is 0. The standard InChI is InChI=1S/C27H25N7O5S.C2HF3O2/c1-16-12-34(13-20(25(35)36)32-27(38)39-14-17-7-3-2-4-8-17)26(37)33-23(16)28-11-22-29-21(15-40-22)24-30-18-9-5-6-10-19(18)31-24;3-2(4,5)1(6)7/h2-10,12,15,20H,11,13-14H2,1H3,(H,30,31)(H,32,38)(H,35,36)(H,28,33,37);(H,6,7)/t20-;/m0./s1. The molecule has 3 heterocycles. The van der Waals surface area contributed by atoms with Gasteiger partial charge >= 0.3 is 29.9 Å². The van der Waals surface area contributed by atoms with Crippen LogP contribution in [-0.2, 0) is 34.0 Å². The Kier molecular flexibility index (Phi) is 10.9.